The third kappa shape index (κ3) is 4.02. The van der Waals surface area contributed by atoms with Gasteiger partial charge >= 0.3 is 0 Å². The molecule has 3 unspecified atom stereocenters. The van der Waals surface area contributed by atoms with Crippen molar-refractivity contribution in [3.05, 3.63) is 0 Å². The lowest BCUT2D eigenvalue weighted by Crippen LogP contribution is -2.43. The first kappa shape index (κ1) is 14.4. The lowest BCUT2D eigenvalue weighted by molar-refractivity contribution is 0.0991. The molecule has 0 aromatic carbocycles. The molecule has 2 aliphatic heterocycles. The van der Waals surface area contributed by atoms with Gasteiger partial charge in [-0.15, -0.1) is 0 Å². The Bertz CT molecular complexity index is 263. The van der Waals surface area contributed by atoms with Gasteiger partial charge < -0.3 is 14.8 Å². The molecule has 0 spiro atoms. The Balaban J connectivity index is 1.84. The van der Waals surface area contributed by atoms with Crippen LogP contribution in [0.3, 0.4) is 0 Å². The Hall–Kier alpha value is 0.0300. The van der Waals surface area contributed by atoms with Crippen molar-refractivity contribution in [3.8, 4) is 0 Å². The Morgan fingerprint density at radius 3 is 2.56 bits per heavy atom. The number of hydrogen-bond donors (Lipinski definition) is 1. The molecule has 0 aromatic rings. The number of nitrogens with one attached hydrogen (secondary N) is 1. The van der Waals surface area contributed by atoms with Crippen LogP contribution in [0, 0.1) is 5.92 Å². The summed E-state index contributed by atoms with van der Waals surface area (Å²) in [4.78, 5) is 0. The van der Waals surface area contributed by atoms with Gasteiger partial charge in [0.25, 0.3) is 0 Å². The molecular formula is C13H25NO3S. The maximum absolute atomic E-state index is 12.4. The van der Waals surface area contributed by atoms with Crippen molar-refractivity contribution >= 4 is 10.8 Å². The van der Waals surface area contributed by atoms with E-state index in [0.717, 1.165) is 58.0 Å². The van der Waals surface area contributed by atoms with E-state index in [1.807, 2.05) is 0 Å². The SMILES string of the molecule is CCNC(CS(=O)C1CCOCC1)C1CCOC1. The fourth-order valence-electron chi connectivity index (χ4n) is 2.75. The highest BCUT2D eigenvalue weighted by Gasteiger charge is 2.29. The van der Waals surface area contributed by atoms with Gasteiger partial charge in [-0.3, -0.25) is 4.21 Å². The van der Waals surface area contributed by atoms with Crippen molar-refractivity contribution in [2.24, 2.45) is 5.92 Å². The molecule has 5 heteroatoms. The van der Waals surface area contributed by atoms with E-state index in [-0.39, 0.29) is 0 Å². The van der Waals surface area contributed by atoms with Crippen LogP contribution in [0.1, 0.15) is 26.2 Å². The van der Waals surface area contributed by atoms with Crippen LogP contribution in [-0.4, -0.2) is 54.2 Å². The molecule has 3 atom stereocenters. The molecule has 18 heavy (non-hydrogen) atoms. The van der Waals surface area contributed by atoms with E-state index in [1.54, 1.807) is 0 Å². The minimum Gasteiger partial charge on any atom is -0.381 e. The van der Waals surface area contributed by atoms with Gasteiger partial charge in [-0.25, -0.2) is 0 Å². The van der Waals surface area contributed by atoms with Crippen molar-refractivity contribution in [2.75, 3.05) is 38.7 Å². The zero-order valence-electron chi connectivity index (χ0n) is 11.2. The van der Waals surface area contributed by atoms with Crippen LogP contribution < -0.4 is 5.32 Å². The molecule has 0 aromatic heterocycles. The van der Waals surface area contributed by atoms with E-state index in [9.17, 15) is 4.21 Å². The predicted octanol–water partition coefficient (Wildman–Crippen LogP) is 0.929. The van der Waals surface area contributed by atoms with Crippen LogP contribution in [0.15, 0.2) is 0 Å². The maximum atomic E-state index is 12.4. The monoisotopic (exact) mass is 275 g/mol. The fraction of sp³-hybridized carbons (Fsp3) is 1.00. The zero-order chi connectivity index (χ0) is 12.8. The van der Waals surface area contributed by atoms with E-state index in [4.69, 9.17) is 9.47 Å². The first-order chi connectivity index (χ1) is 8.81. The topological polar surface area (TPSA) is 47.6 Å². The van der Waals surface area contributed by atoms with Gasteiger partial charge in [0.2, 0.25) is 0 Å². The van der Waals surface area contributed by atoms with Gasteiger partial charge in [-0.05, 0) is 25.8 Å². The molecule has 0 radical (unpaired) electrons. The first-order valence-corrected chi connectivity index (χ1v) is 8.45. The van der Waals surface area contributed by atoms with Crippen LogP contribution in [0.2, 0.25) is 0 Å². The van der Waals surface area contributed by atoms with Crippen molar-refractivity contribution in [1.29, 1.82) is 0 Å². The Morgan fingerprint density at radius 2 is 1.94 bits per heavy atom. The molecule has 4 nitrogen and oxygen atoms in total. The van der Waals surface area contributed by atoms with Crippen molar-refractivity contribution in [2.45, 2.75) is 37.5 Å². The van der Waals surface area contributed by atoms with Crippen LogP contribution in [-0.2, 0) is 20.3 Å². The molecule has 0 amide bonds. The summed E-state index contributed by atoms with van der Waals surface area (Å²) in [5.74, 6) is 1.31. The average Bonchev–Trinajstić information content (AvgIpc) is 2.93. The van der Waals surface area contributed by atoms with Crippen molar-refractivity contribution in [3.63, 3.8) is 0 Å². The van der Waals surface area contributed by atoms with Gasteiger partial charge in [-0.1, -0.05) is 6.92 Å². The van der Waals surface area contributed by atoms with E-state index >= 15 is 0 Å². The van der Waals surface area contributed by atoms with Crippen LogP contribution in [0.5, 0.6) is 0 Å². The lowest BCUT2D eigenvalue weighted by Gasteiger charge is -2.27. The second-order valence-corrected chi connectivity index (χ2v) is 6.91. The summed E-state index contributed by atoms with van der Waals surface area (Å²) in [5, 5.41) is 3.83. The van der Waals surface area contributed by atoms with E-state index < -0.39 is 10.8 Å². The molecule has 1 N–H and O–H groups in total. The molecule has 0 bridgehead atoms. The summed E-state index contributed by atoms with van der Waals surface area (Å²) < 4.78 is 23.2. The maximum Gasteiger partial charge on any atom is 0.0510 e. The van der Waals surface area contributed by atoms with Crippen LogP contribution in [0.4, 0.5) is 0 Å². The van der Waals surface area contributed by atoms with Crippen molar-refractivity contribution < 1.29 is 13.7 Å². The predicted molar refractivity (Wildman–Crippen MR) is 73.2 cm³/mol. The first-order valence-electron chi connectivity index (χ1n) is 7.07. The summed E-state index contributed by atoms with van der Waals surface area (Å²) in [6.45, 7) is 6.27. The lowest BCUT2D eigenvalue weighted by atomic mass is 10.0. The normalized spacial score (nSPS) is 29.3. The van der Waals surface area contributed by atoms with E-state index in [1.165, 1.54) is 0 Å². The highest BCUT2D eigenvalue weighted by atomic mass is 32.2. The Kier molecular flexibility index (Phi) is 6.08. The molecule has 2 saturated heterocycles. The third-order valence-corrected chi connectivity index (χ3v) is 5.79. The largest absolute Gasteiger partial charge is 0.381 e. The minimum absolute atomic E-state index is 0.335. The smallest absolute Gasteiger partial charge is 0.0510 e. The molecule has 0 aliphatic carbocycles. The molecule has 2 rings (SSSR count). The van der Waals surface area contributed by atoms with Gasteiger partial charge in [0, 0.05) is 53.6 Å². The molecule has 2 aliphatic rings. The Labute approximate surface area is 112 Å². The zero-order valence-corrected chi connectivity index (χ0v) is 12.0. The molecule has 2 fully saturated rings. The molecule has 2 heterocycles. The number of hydrogen-bond acceptors (Lipinski definition) is 4. The van der Waals surface area contributed by atoms with Gasteiger partial charge in [0.1, 0.15) is 0 Å². The summed E-state index contributed by atoms with van der Waals surface area (Å²) in [6, 6.07) is 0.348. The van der Waals surface area contributed by atoms with E-state index in [0.29, 0.717) is 17.2 Å². The van der Waals surface area contributed by atoms with Gasteiger partial charge in [0.15, 0.2) is 0 Å². The van der Waals surface area contributed by atoms with Gasteiger partial charge in [0.05, 0.1) is 6.61 Å². The van der Waals surface area contributed by atoms with Crippen LogP contribution >= 0.6 is 0 Å². The summed E-state index contributed by atoms with van der Waals surface area (Å²) in [7, 11) is -0.732. The standard InChI is InChI=1S/C13H25NO3S/c1-2-14-13(11-3-6-17-9-11)10-18(15)12-4-7-16-8-5-12/h11-14H,2-10H2,1H3. The second-order valence-electron chi connectivity index (χ2n) is 5.15. The highest BCUT2D eigenvalue weighted by Crippen LogP contribution is 2.20. The average molecular weight is 275 g/mol. The van der Waals surface area contributed by atoms with Crippen molar-refractivity contribution in [1.82, 2.24) is 5.32 Å². The summed E-state index contributed by atoms with van der Waals surface area (Å²) in [6.07, 6.45) is 3.00. The summed E-state index contributed by atoms with van der Waals surface area (Å²) in [5.41, 5.74) is 0. The highest BCUT2D eigenvalue weighted by molar-refractivity contribution is 7.85. The molecular weight excluding hydrogens is 250 g/mol. The quantitative estimate of drug-likeness (QED) is 0.783. The Morgan fingerprint density at radius 1 is 1.22 bits per heavy atom. The fourth-order valence-corrected chi connectivity index (χ4v) is 4.48. The van der Waals surface area contributed by atoms with Gasteiger partial charge in [-0.2, -0.15) is 0 Å². The third-order valence-electron chi connectivity index (χ3n) is 3.88. The minimum atomic E-state index is -0.732. The number of ether oxygens (including phenoxy) is 2. The summed E-state index contributed by atoms with van der Waals surface area (Å²) >= 11 is 0. The van der Waals surface area contributed by atoms with E-state index in [2.05, 4.69) is 12.2 Å². The number of rotatable bonds is 6. The molecule has 0 saturated carbocycles. The molecule has 106 valence electrons. The second kappa shape index (κ2) is 7.58. The van der Waals surface area contributed by atoms with Crippen LogP contribution in [0.25, 0.3) is 0 Å².